The summed E-state index contributed by atoms with van der Waals surface area (Å²) in [6.45, 7) is 5.09. The van der Waals surface area contributed by atoms with Crippen LogP contribution in [0.4, 0.5) is 11.4 Å². The SMILES string of the molecule is CCC(C(=O)Nc1cc(O)c(NC(=O)c2cnc(C)nc2)cc1Cl)S(=O)(=O)c1ccc(C)cc1. The van der Waals surface area contributed by atoms with Gasteiger partial charge in [0.05, 0.1) is 26.9 Å². The number of phenolic OH excluding ortho intramolecular Hbond substituents is 1. The zero-order valence-corrected chi connectivity index (χ0v) is 20.2. The summed E-state index contributed by atoms with van der Waals surface area (Å²) in [5.74, 6) is -1.25. The van der Waals surface area contributed by atoms with Crippen molar-refractivity contribution in [1.29, 1.82) is 0 Å². The third-order valence-electron chi connectivity index (χ3n) is 5.02. The first kappa shape index (κ1) is 25.1. The quantitative estimate of drug-likeness (QED) is 0.416. The number of nitrogens with zero attached hydrogens (tertiary/aromatic N) is 2. The Bertz CT molecular complexity index is 1330. The normalized spacial score (nSPS) is 12.1. The van der Waals surface area contributed by atoms with Crippen molar-refractivity contribution in [2.45, 2.75) is 37.3 Å². The Morgan fingerprint density at radius 1 is 1.03 bits per heavy atom. The number of carbonyl (C=O) groups excluding carboxylic acids is 2. The number of aromatic nitrogens is 2. The number of carbonyl (C=O) groups is 2. The van der Waals surface area contributed by atoms with Gasteiger partial charge in [-0.1, -0.05) is 36.2 Å². The zero-order valence-electron chi connectivity index (χ0n) is 18.7. The summed E-state index contributed by atoms with van der Waals surface area (Å²) < 4.78 is 26.0. The van der Waals surface area contributed by atoms with Gasteiger partial charge >= 0.3 is 0 Å². The monoisotopic (exact) mass is 502 g/mol. The number of rotatable bonds is 7. The molecule has 11 heteroatoms. The number of hydrogen-bond donors (Lipinski definition) is 3. The molecule has 2 amide bonds. The van der Waals surface area contributed by atoms with E-state index in [2.05, 4.69) is 20.6 Å². The number of benzene rings is 2. The van der Waals surface area contributed by atoms with E-state index in [0.717, 1.165) is 11.6 Å². The minimum atomic E-state index is -3.95. The summed E-state index contributed by atoms with van der Waals surface area (Å²) in [6.07, 6.45) is 2.70. The maximum absolute atomic E-state index is 13.0. The second-order valence-electron chi connectivity index (χ2n) is 7.57. The Morgan fingerprint density at radius 3 is 2.24 bits per heavy atom. The fourth-order valence-electron chi connectivity index (χ4n) is 3.11. The second kappa shape index (κ2) is 10.2. The van der Waals surface area contributed by atoms with Gasteiger partial charge in [0.1, 0.15) is 16.8 Å². The average molecular weight is 503 g/mol. The molecule has 0 aliphatic carbocycles. The van der Waals surface area contributed by atoms with Crippen LogP contribution in [-0.2, 0) is 14.6 Å². The van der Waals surface area contributed by atoms with Crippen LogP contribution in [0.1, 0.15) is 35.1 Å². The van der Waals surface area contributed by atoms with Gasteiger partial charge in [0, 0.05) is 18.5 Å². The van der Waals surface area contributed by atoms with Gasteiger partial charge in [-0.3, -0.25) is 9.59 Å². The zero-order chi connectivity index (χ0) is 25.0. The molecule has 0 aliphatic rings. The van der Waals surface area contributed by atoms with E-state index in [-0.39, 0.29) is 39.0 Å². The van der Waals surface area contributed by atoms with Gasteiger partial charge in [0.25, 0.3) is 5.91 Å². The molecule has 3 aromatic rings. The molecular formula is C23H23ClN4O5S. The molecule has 0 bridgehead atoms. The van der Waals surface area contributed by atoms with E-state index in [0.29, 0.717) is 5.82 Å². The molecule has 0 saturated heterocycles. The van der Waals surface area contributed by atoms with E-state index >= 15 is 0 Å². The molecular weight excluding hydrogens is 480 g/mol. The number of nitrogens with one attached hydrogen (secondary N) is 2. The van der Waals surface area contributed by atoms with E-state index in [9.17, 15) is 23.1 Å². The number of amides is 2. The lowest BCUT2D eigenvalue weighted by atomic mass is 10.2. The van der Waals surface area contributed by atoms with Crippen molar-refractivity contribution in [1.82, 2.24) is 9.97 Å². The predicted molar refractivity (Wildman–Crippen MR) is 129 cm³/mol. The molecule has 0 radical (unpaired) electrons. The highest BCUT2D eigenvalue weighted by molar-refractivity contribution is 7.92. The van der Waals surface area contributed by atoms with Crippen molar-refractivity contribution in [2.24, 2.45) is 0 Å². The summed E-state index contributed by atoms with van der Waals surface area (Å²) >= 11 is 6.24. The Kier molecular flexibility index (Phi) is 7.53. The van der Waals surface area contributed by atoms with Crippen LogP contribution in [0.25, 0.3) is 0 Å². The fraction of sp³-hybridized carbons (Fsp3) is 0.217. The maximum Gasteiger partial charge on any atom is 0.258 e. The molecule has 178 valence electrons. The molecule has 0 saturated carbocycles. The Morgan fingerprint density at radius 2 is 1.65 bits per heavy atom. The highest BCUT2D eigenvalue weighted by Gasteiger charge is 2.33. The Hall–Kier alpha value is -3.50. The number of aromatic hydroxyl groups is 1. The van der Waals surface area contributed by atoms with E-state index < -0.39 is 26.9 Å². The largest absolute Gasteiger partial charge is 0.506 e. The summed E-state index contributed by atoms with van der Waals surface area (Å²) in [5.41, 5.74) is 1.05. The van der Waals surface area contributed by atoms with Gasteiger partial charge in [-0.25, -0.2) is 18.4 Å². The lowest BCUT2D eigenvalue weighted by Crippen LogP contribution is -2.34. The highest BCUT2D eigenvalue weighted by Crippen LogP contribution is 2.34. The molecule has 3 N–H and O–H groups in total. The van der Waals surface area contributed by atoms with Gasteiger partial charge in [0.2, 0.25) is 5.91 Å². The van der Waals surface area contributed by atoms with Crippen molar-refractivity contribution in [3.63, 3.8) is 0 Å². The van der Waals surface area contributed by atoms with Crippen LogP contribution in [0, 0.1) is 13.8 Å². The van der Waals surface area contributed by atoms with Gasteiger partial charge in [-0.05, 0) is 38.5 Å². The fourth-order valence-corrected chi connectivity index (χ4v) is 4.95. The molecule has 3 rings (SSSR count). The average Bonchev–Trinajstić information content (AvgIpc) is 2.78. The van der Waals surface area contributed by atoms with Crippen LogP contribution in [-0.4, -0.2) is 40.6 Å². The summed E-state index contributed by atoms with van der Waals surface area (Å²) in [4.78, 5) is 33.1. The van der Waals surface area contributed by atoms with Crippen LogP contribution in [0.5, 0.6) is 5.75 Å². The molecule has 34 heavy (non-hydrogen) atoms. The molecule has 1 unspecified atom stereocenters. The second-order valence-corrected chi connectivity index (χ2v) is 10.1. The number of halogens is 1. The van der Waals surface area contributed by atoms with Crippen LogP contribution >= 0.6 is 11.6 Å². The Balaban J connectivity index is 1.80. The van der Waals surface area contributed by atoms with Gasteiger partial charge in [-0.15, -0.1) is 0 Å². The van der Waals surface area contributed by atoms with Crippen molar-refractivity contribution >= 4 is 44.6 Å². The van der Waals surface area contributed by atoms with Crippen molar-refractivity contribution in [3.8, 4) is 5.75 Å². The van der Waals surface area contributed by atoms with Crippen LogP contribution in [0.2, 0.25) is 5.02 Å². The molecule has 1 atom stereocenters. The summed E-state index contributed by atoms with van der Waals surface area (Å²) in [6, 6.07) is 8.60. The van der Waals surface area contributed by atoms with E-state index in [4.69, 9.17) is 11.6 Å². The van der Waals surface area contributed by atoms with Gasteiger partial charge < -0.3 is 15.7 Å². The summed E-state index contributed by atoms with van der Waals surface area (Å²) in [5, 5.41) is 13.9. The minimum absolute atomic E-state index is 0.00149. The molecule has 9 nitrogen and oxygen atoms in total. The maximum atomic E-state index is 13.0. The van der Waals surface area contributed by atoms with E-state index in [1.165, 1.54) is 30.6 Å². The predicted octanol–water partition coefficient (Wildman–Crippen LogP) is 3.90. The van der Waals surface area contributed by atoms with E-state index in [1.807, 2.05) is 6.92 Å². The lowest BCUT2D eigenvalue weighted by molar-refractivity contribution is -0.115. The van der Waals surface area contributed by atoms with Gasteiger partial charge in [0.15, 0.2) is 9.84 Å². The topological polar surface area (TPSA) is 138 Å². The van der Waals surface area contributed by atoms with Gasteiger partial charge in [-0.2, -0.15) is 0 Å². The van der Waals surface area contributed by atoms with Crippen LogP contribution in [0.3, 0.4) is 0 Å². The standard InChI is InChI=1S/C23H23ClN4O5S/c1-4-21(34(32,33)16-7-5-13(2)6-8-16)23(31)27-18-10-20(29)19(9-17(18)24)28-22(30)15-11-25-14(3)26-12-15/h5-12,21,29H,4H2,1-3H3,(H,27,31)(H,28,30). The van der Waals surface area contributed by atoms with Crippen molar-refractivity contribution in [3.05, 3.63) is 70.8 Å². The molecule has 0 spiro atoms. The number of sulfone groups is 1. The molecule has 2 aromatic carbocycles. The first-order valence-corrected chi connectivity index (χ1v) is 12.2. The highest BCUT2D eigenvalue weighted by atomic mass is 35.5. The lowest BCUT2D eigenvalue weighted by Gasteiger charge is -2.17. The van der Waals surface area contributed by atoms with Crippen LogP contribution in [0.15, 0.2) is 53.7 Å². The molecule has 0 fully saturated rings. The smallest absolute Gasteiger partial charge is 0.258 e. The third kappa shape index (κ3) is 5.52. The van der Waals surface area contributed by atoms with Crippen molar-refractivity contribution in [2.75, 3.05) is 10.6 Å². The molecule has 1 aromatic heterocycles. The minimum Gasteiger partial charge on any atom is -0.506 e. The Labute approximate surface area is 202 Å². The molecule has 0 aliphatic heterocycles. The number of hydrogen-bond acceptors (Lipinski definition) is 7. The number of phenols is 1. The third-order valence-corrected chi connectivity index (χ3v) is 7.56. The number of aryl methyl sites for hydroxylation is 2. The first-order chi connectivity index (χ1) is 16.0. The summed E-state index contributed by atoms with van der Waals surface area (Å²) in [7, 11) is -3.95. The number of anilines is 2. The first-order valence-electron chi connectivity index (χ1n) is 10.3. The van der Waals surface area contributed by atoms with Crippen LogP contribution < -0.4 is 10.6 Å². The van der Waals surface area contributed by atoms with E-state index in [1.54, 1.807) is 26.0 Å². The van der Waals surface area contributed by atoms with Crippen molar-refractivity contribution < 1.29 is 23.1 Å². The molecule has 1 heterocycles.